The lowest BCUT2D eigenvalue weighted by Gasteiger charge is -2.10. The molecule has 0 N–H and O–H groups in total. The summed E-state index contributed by atoms with van der Waals surface area (Å²) in [6.07, 6.45) is 0. The van der Waals surface area contributed by atoms with Crippen LogP contribution in [-0.2, 0) is 0 Å². The molecule has 2 nitrogen and oxygen atoms in total. The molecule has 2 aromatic rings. The Morgan fingerprint density at radius 2 is 1.74 bits per heavy atom. The Morgan fingerprint density at radius 3 is 2.47 bits per heavy atom. The van der Waals surface area contributed by atoms with Gasteiger partial charge in [-0.1, -0.05) is 35.9 Å². The zero-order valence-corrected chi connectivity index (χ0v) is 11.6. The summed E-state index contributed by atoms with van der Waals surface area (Å²) in [5.74, 6) is 0.783. The molecule has 0 saturated heterocycles. The van der Waals surface area contributed by atoms with Gasteiger partial charge < -0.3 is 4.74 Å². The molecular formula is C17H18O2. The van der Waals surface area contributed by atoms with E-state index in [1.165, 1.54) is 0 Å². The van der Waals surface area contributed by atoms with Gasteiger partial charge >= 0.3 is 0 Å². The molecule has 0 heterocycles. The van der Waals surface area contributed by atoms with Crippen LogP contribution in [0.3, 0.4) is 0 Å². The van der Waals surface area contributed by atoms with Gasteiger partial charge in [0.15, 0.2) is 12.4 Å². The first-order valence-electron chi connectivity index (χ1n) is 6.37. The number of aryl methyl sites for hydroxylation is 3. The third-order valence-corrected chi connectivity index (χ3v) is 3.15. The highest BCUT2D eigenvalue weighted by molar-refractivity contribution is 5.98. The van der Waals surface area contributed by atoms with Gasteiger partial charge in [0, 0.05) is 5.56 Å². The van der Waals surface area contributed by atoms with Gasteiger partial charge in [-0.25, -0.2) is 0 Å². The maximum Gasteiger partial charge on any atom is 0.200 e. The van der Waals surface area contributed by atoms with E-state index in [0.29, 0.717) is 0 Å². The molecule has 0 unspecified atom stereocenters. The predicted molar refractivity (Wildman–Crippen MR) is 76.9 cm³/mol. The molecule has 0 aromatic heterocycles. The maximum atomic E-state index is 12.2. The Morgan fingerprint density at radius 1 is 1.00 bits per heavy atom. The van der Waals surface area contributed by atoms with E-state index >= 15 is 0 Å². The van der Waals surface area contributed by atoms with Crippen molar-refractivity contribution < 1.29 is 9.53 Å². The lowest BCUT2D eigenvalue weighted by atomic mass is 10.0. The van der Waals surface area contributed by atoms with Crippen LogP contribution in [0.1, 0.15) is 27.0 Å². The highest BCUT2D eigenvalue weighted by atomic mass is 16.5. The molecule has 2 aromatic carbocycles. The Balaban J connectivity index is 2.10. The standard InChI is InChI=1S/C17H18O2/c1-12-8-9-13(2)15(10-12)16(18)11-19-17-7-5-4-6-14(17)3/h4-10H,11H2,1-3H3. The summed E-state index contributed by atoms with van der Waals surface area (Å²) in [6.45, 7) is 5.98. The minimum Gasteiger partial charge on any atom is -0.485 e. The number of para-hydroxylation sites is 1. The minimum absolute atomic E-state index is 0.0180. The molecule has 0 aliphatic rings. The number of Topliss-reactive ketones (excluding diaryl/α,β-unsaturated/α-hetero) is 1. The lowest BCUT2D eigenvalue weighted by molar-refractivity contribution is 0.0920. The molecule has 0 spiro atoms. The summed E-state index contributed by atoms with van der Waals surface area (Å²) in [4.78, 5) is 12.2. The van der Waals surface area contributed by atoms with Crippen molar-refractivity contribution >= 4 is 5.78 Å². The zero-order chi connectivity index (χ0) is 13.8. The zero-order valence-electron chi connectivity index (χ0n) is 11.6. The first kappa shape index (κ1) is 13.3. The molecule has 0 fully saturated rings. The van der Waals surface area contributed by atoms with Crippen LogP contribution >= 0.6 is 0 Å². The topological polar surface area (TPSA) is 26.3 Å². The van der Waals surface area contributed by atoms with E-state index in [1.54, 1.807) is 0 Å². The van der Waals surface area contributed by atoms with Gasteiger partial charge in [-0.15, -0.1) is 0 Å². The average molecular weight is 254 g/mol. The molecule has 0 aliphatic carbocycles. The van der Waals surface area contributed by atoms with Crippen molar-refractivity contribution in [1.29, 1.82) is 0 Å². The summed E-state index contributed by atoms with van der Waals surface area (Å²) in [5.41, 5.74) is 3.86. The minimum atomic E-state index is 0.0180. The summed E-state index contributed by atoms with van der Waals surface area (Å²) in [5, 5.41) is 0. The van der Waals surface area contributed by atoms with E-state index in [4.69, 9.17) is 4.74 Å². The smallest absolute Gasteiger partial charge is 0.200 e. The summed E-state index contributed by atoms with van der Waals surface area (Å²) >= 11 is 0. The van der Waals surface area contributed by atoms with Crippen molar-refractivity contribution in [3.8, 4) is 5.75 Å². The molecule has 0 aliphatic heterocycles. The molecule has 2 heteroatoms. The molecule has 0 bridgehead atoms. The number of ether oxygens (including phenoxy) is 1. The maximum absolute atomic E-state index is 12.2. The number of carbonyl (C=O) groups excluding carboxylic acids is 1. The molecule has 0 radical (unpaired) electrons. The first-order valence-corrected chi connectivity index (χ1v) is 6.37. The van der Waals surface area contributed by atoms with Crippen molar-refractivity contribution in [2.24, 2.45) is 0 Å². The molecule has 2 rings (SSSR count). The quantitative estimate of drug-likeness (QED) is 0.774. The lowest BCUT2D eigenvalue weighted by Crippen LogP contribution is -2.13. The van der Waals surface area contributed by atoms with E-state index in [1.807, 2.05) is 63.2 Å². The second-order valence-corrected chi connectivity index (χ2v) is 4.80. The van der Waals surface area contributed by atoms with E-state index in [-0.39, 0.29) is 12.4 Å². The number of hydrogen-bond donors (Lipinski definition) is 0. The van der Waals surface area contributed by atoms with E-state index in [0.717, 1.165) is 28.0 Å². The van der Waals surface area contributed by atoms with Crippen molar-refractivity contribution in [1.82, 2.24) is 0 Å². The van der Waals surface area contributed by atoms with Crippen LogP contribution in [0.25, 0.3) is 0 Å². The fourth-order valence-electron chi connectivity index (χ4n) is 1.98. The summed E-state index contributed by atoms with van der Waals surface area (Å²) in [7, 11) is 0. The summed E-state index contributed by atoms with van der Waals surface area (Å²) in [6, 6.07) is 13.6. The van der Waals surface area contributed by atoms with E-state index in [2.05, 4.69) is 0 Å². The SMILES string of the molecule is Cc1ccc(C)c(C(=O)COc2ccccc2C)c1. The second kappa shape index (κ2) is 5.70. The van der Waals surface area contributed by atoms with Crippen LogP contribution in [0.5, 0.6) is 5.75 Å². The van der Waals surface area contributed by atoms with Crippen LogP contribution in [-0.4, -0.2) is 12.4 Å². The molecule has 0 atom stereocenters. The third kappa shape index (κ3) is 3.22. The second-order valence-electron chi connectivity index (χ2n) is 4.80. The van der Waals surface area contributed by atoms with Gasteiger partial charge in [-0.3, -0.25) is 4.79 Å². The van der Waals surface area contributed by atoms with Crippen molar-refractivity contribution in [3.63, 3.8) is 0 Å². The number of ketones is 1. The predicted octanol–water partition coefficient (Wildman–Crippen LogP) is 3.87. The monoisotopic (exact) mass is 254 g/mol. The van der Waals surface area contributed by atoms with Crippen molar-refractivity contribution in [2.45, 2.75) is 20.8 Å². The van der Waals surface area contributed by atoms with E-state index in [9.17, 15) is 4.79 Å². The van der Waals surface area contributed by atoms with Gasteiger partial charge in [-0.2, -0.15) is 0 Å². The Hall–Kier alpha value is -2.09. The Kier molecular flexibility index (Phi) is 4.00. The number of benzene rings is 2. The molecule has 0 amide bonds. The fraction of sp³-hybridized carbons (Fsp3) is 0.235. The fourth-order valence-corrected chi connectivity index (χ4v) is 1.98. The molecule has 98 valence electrons. The normalized spacial score (nSPS) is 10.3. The van der Waals surface area contributed by atoms with Gasteiger partial charge in [-0.05, 0) is 44.0 Å². The highest BCUT2D eigenvalue weighted by Crippen LogP contribution is 2.17. The third-order valence-electron chi connectivity index (χ3n) is 3.15. The number of rotatable bonds is 4. The van der Waals surface area contributed by atoms with Crippen LogP contribution in [0.15, 0.2) is 42.5 Å². The number of carbonyl (C=O) groups is 1. The van der Waals surface area contributed by atoms with Crippen LogP contribution in [0.2, 0.25) is 0 Å². The Labute approximate surface area is 114 Å². The van der Waals surface area contributed by atoms with Crippen LogP contribution in [0, 0.1) is 20.8 Å². The van der Waals surface area contributed by atoms with Crippen LogP contribution in [0.4, 0.5) is 0 Å². The van der Waals surface area contributed by atoms with E-state index < -0.39 is 0 Å². The van der Waals surface area contributed by atoms with Gasteiger partial charge in [0.25, 0.3) is 0 Å². The van der Waals surface area contributed by atoms with Crippen molar-refractivity contribution in [3.05, 3.63) is 64.7 Å². The highest BCUT2D eigenvalue weighted by Gasteiger charge is 2.10. The van der Waals surface area contributed by atoms with Gasteiger partial charge in [0.05, 0.1) is 0 Å². The van der Waals surface area contributed by atoms with Gasteiger partial charge in [0.1, 0.15) is 5.75 Å². The number of hydrogen-bond acceptors (Lipinski definition) is 2. The molecular weight excluding hydrogens is 236 g/mol. The van der Waals surface area contributed by atoms with Crippen LogP contribution < -0.4 is 4.74 Å². The Bertz CT molecular complexity index is 600. The first-order chi connectivity index (χ1) is 9.08. The molecule has 0 saturated carbocycles. The molecule has 19 heavy (non-hydrogen) atoms. The van der Waals surface area contributed by atoms with Gasteiger partial charge in [0.2, 0.25) is 0 Å². The summed E-state index contributed by atoms with van der Waals surface area (Å²) < 4.78 is 5.60. The largest absolute Gasteiger partial charge is 0.485 e. The van der Waals surface area contributed by atoms with Crippen molar-refractivity contribution in [2.75, 3.05) is 6.61 Å². The average Bonchev–Trinajstić information content (AvgIpc) is 2.40.